The molecule has 1 heteroatoms. The minimum absolute atomic E-state index is 0.339. The van der Waals surface area contributed by atoms with Gasteiger partial charge in [-0.15, -0.1) is 0 Å². The van der Waals surface area contributed by atoms with Gasteiger partial charge in [-0.25, -0.2) is 0 Å². The van der Waals surface area contributed by atoms with E-state index in [9.17, 15) is 5.11 Å². The zero-order valence-corrected chi connectivity index (χ0v) is 7.67. The second kappa shape index (κ2) is 2.98. The van der Waals surface area contributed by atoms with Gasteiger partial charge in [-0.2, -0.15) is 0 Å². The molecule has 0 radical (unpaired) electrons. The van der Waals surface area contributed by atoms with Gasteiger partial charge in [0.15, 0.2) is 0 Å². The molecule has 11 heavy (non-hydrogen) atoms. The third kappa shape index (κ3) is 1.84. The summed E-state index contributed by atoms with van der Waals surface area (Å²) in [6, 6.07) is 0. The van der Waals surface area contributed by atoms with Gasteiger partial charge < -0.3 is 5.11 Å². The molecule has 0 bridgehead atoms. The number of aliphatic hydroxyl groups is 1. The summed E-state index contributed by atoms with van der Waals surface area (Å²) < 4.78 is 0. The minimum Gasteiger partial charge on any atom is -0.386 e. The first-order valence-corrected chi connectivity index (χ1v) is 4.46. The highest BCUT2D eigenvalue weighted by molar-refractivity contribution is 5.08. The van der Waals surface area contributed by atoms with E-state index in [-0.39, 0.29) is 0 Å². The molecule has 0 saturated carbocycles. The van der Waals surface area contributed by atoms with Crippen LogP contribution in [0, 0.1) is 11.8 Å². The van der Waals surface area contributed by atoms with Gasteiger partial charge in [0.25, 0.3) is 0 Å². The molecule has 2 atom stereocenters. The third-order valence-electron chi connectivity index (χ3n) is 2.71. The minimum atomic E-state index is -0.521. The summed E-state index contributed by atoms with van der Waals surface area (Å²) >= 11 is 0. The van der Waals surface area contributed by atoms with Gasteiger partial charge in [-0.05, 0) is 24.7 Å². The van der Waals surface area contributed by atoms with Crippen LogP contribution in [0.15, 0.2) is 12.2 Å². The molecular weight excluding hydrogens is 136 g/mol. The van der Waals surface area contributed by atoms with Crippen molar-refractivity contribution in [3.63, 3.8) is 0 Å². The van der Waals surface area contributed by atoms with Crippen LogP contribution in [0.1, 0.15) is 33.6 Å². The summed E-state index contributed by atoms with van der Waals surface area (Å²) in [4.78, 5) is 0. The molecule has 0 saturated heterocycles. The van der Waals surface area contributed by atoms with E-state index in [1.165, 1.54) is 0 Å². The van der Waals surface area contributed by atoms with Crippen LogP contribution in [0.3, 0.4) is 0 Å². The fourth-order valence-electron chi connectivity index (χ4n) is 1.45. The normalized spacial score (nSPS) is 38.1. The van der Waals surface area contributed by atoms with Crippen LogP contribution >= 0.6 is 0 Å². The van der Waals surface area contributed by atoms with Crippen molar-refractivity contribution in [3.05, 3.63) is 12.2 Å². The van der Waals surface area contributed by atoms with Crippen LogP contribution in [0.5, 0.6) is 0 Å². The Balaban J connectivity index is 2.68. The number of hydrogen-bond acceptors (Lipinski definition) is 1. The Morgan fingerprint density at radius 2 is 2.18 bits per heavy atom. The molecule has 0 aliphatic heterocycles. The Labute approximate surface area is 69.1 Å². The summed E-state index contributed by atoms with van der Waals surface area (Å²) in [6.45, 7) is 6.33. The predicted molar refractivity (Wildman–Crippen MR) is 47.3 cm³/mol. The predicted octanol–water partition coefficient (Wildman–Crippen LogP) is 2.36. The molecule has 64 valence electrons. The Bertz CT molecular complexity index is 160. The van der Waals surface area contributed by atoms with Crippen LogP contribution in [0.4, 0.5) is 0 Å². The molecule has 0 aromatic carbocycles. The van der Waals surface area contributed by atoms with E-state index >= 15 is 0 Å². The van der Waals surface area contributed by atoms with Crippen molar-refractivity contribution < 1.29 is 5.11 Å². The quantitative estimate of drug-likeness (QED) is 0.575. The lowest BCUT2D eigenvalue weighted by atomic mass is 9.79. The van der Waals surface area contributed by atoms with Crippen LogP contribution in [0.25, 0.3) is 0 Å². The van der Waals surface area contributed by atoms with E-state index in [4.69, 9.17) is 0 Å². The number of rotatable bonds is 1. The summed E-state index contributed by atoms with van der Waals surface area (Å²) in [5, 5.41) is 9.98. The number of hydrogen-bond donors (Lipinski definition) is 1. The molecule has 1 aliphatic carbocycles. The van der Waals surface area contributed by atoms with Crippen molar-refractivity contribution in [2.24, 2.45) is 11.8 Å². The first-order chi connectivity index (χ1) is 5.04. The topological polar surface area (TPSA) is 20.2 Å². The Kier molecular flexibility index (Phi) is 2.38. The standard InChI is InChI=1S/C10H18O/c1-8(2)10(11)6-4-9(3)5-7-10/h4,6,8-9,11H,5,7H2,1-3H3/t9-,10+/m0/s1. The Hall–Kier alpha value is -0.300. The molecule has 0 unspecified atom stereocenters. The summed E-state index contributed by atoms with van der Waals surface area (Å²) in [5.74, 6) is 0.986. The van der Waals surface area contributed by atoms with E-state index in [1.54, 1.807) is 0 Å². The smallest absolute Gasteiger partial charge is 0.0850 e. The first kappa shape index (κ1) is 8.79. The lowest BCUT2D eigenvalue weighted by Gasteiger charge is -2.33. The maximum Gasteiger partial charge on any atom is 0.0850 e. The summed E-state index contributed by atoms with van der Waals surface area (Å²) in [5.41, 5.74) is -0.521. The van der Waals surface area contributed by atoms with Crippen molar-refractivity contribution in [1.82, 2.24) is 0 Å². The fourth-order valence-corrected chi connectivity index (χ4v) is 1.45. The molecule has 0 aromatic heterocycles. The van der Waals surface area contributed by atoms with Crippen molar-refractivity contribution in [1.29, 1.82) is 0 Å². The fraction of sp³-hybridized carbons (Fsp3) is 0.800. The van der Waals surface area contributed by atoms with Gasteiger partial charge in [-0.1, -0.05) is 32.9 Å². The van der Waals surface area contributed by atoms with E-state index in [0.717, 1.165) is 12.8 Å². The maximum atomic E-state index is 9.98. The molecule has 0 fully saturated rings. The SMILES string of the molecule is CC(C)[C@@]1(O)C=C[C@H](C)CC1. The van der Waals surface area contributed by atoms with Gasteiger partial charge in [-0.3, -0.25) is 0 Å². The molecule has 0 aromatic rings. The highest BCUT2D eigenvalue weighted by Crippen LogP contribution is 2.31. The van der Waals surface area contributed by atoms with E-state index in [2.05, 4.69) is 26.8 Å². The van der Waals surface area contributed by atoms with Gasteiger partial charge >= 0.3 is 0 Å². The summed E-state index contributed by atoms with van der Waals surface area (Å²) in [7, 11) is 0. The largest absolute Gasteiger partial charge is 0.386 e. The van der Waals surface area contributed by atoms with E-state index in [1.807, 2.05) is 6.08 Å². The highest BCUT2D eigenvalue weighted by atomic mass is 16.3. The van der Waals surface area contributed by atoms with Gasteiger partial charge in [0.2, 0.25) is 0 Å². The molecule has 0 amide bonds. The lowest BCUT2D eigenvalue weighted by Crippen LogP contribution is -2.35. The average molecular weight is 154 g/mol. The monoisotopic (exact) mass is 154 g/mol. The van der Waals surface area contributed by atoms with E-state index < -0.39 is 5.60 Å². The Morgan fingerprint density at radius 3 is 2.55 bits per heavy atom. The van der Waals surface area contributed by atoms with Crippen molar-refractivity contribution >= 4 is 0 Å². The molecule has 1 rings (SSSR count). The van der Waals surface area contributed by atoms with Crippen LogP contribution in [0.2, 0.25) is 0 Å². The van der Waals surface area contributed by atoms with Gasteiger partial charge in [0.1, 0.15) is 0 Å². The van der Waals surface area contributed by atoms with E-state index in [0.29, 0.717) is 11.8 Å². The van der Waals surface area contributed by atoms with Gasteiger partial charge in [0, 0.05) is 0 Å². The molecule has 0 spiro atoms. The third-order valence-corrected chi connectivity index (χ3v) is 2.71. The highest BCUT2D eigenvalue weighted by Gasteiger charge is 2.30. The molecular formula is C10H18O. The Morgan fingerprint density at radius 1 is 1.55 bits per heavy atom. The lowest BCUT2D eigenvalue weighted by molar-refractivity contribution is 0.0247. The van der Waals surface area contributed by atoms with Crippen molar-refractivity contribution in [2.45, 2.75) is 39.2 Å². The number of allylic oxidation sites excluding steroid dienone is 1. The molecule has 1 aliphatic rings. The molecule has 1 N–H and O–H groups in total. The second-order valence-electron chi connectivity index (χ2n) is 4.02. The maximum absolute atomic E-state index is 9.98. The van der Waals surface area contributed by atoms with Crippen LogP contribution in [-0.2, 0) is 0 Å². The van der Waals surface area contributed by atoms with Crippen molar-refractivity contribution in [3.8, 4) is 0 Å². The van der Waals surface area contributed by atoms with Crippen LogP contribution in [-0.4, -0.2) is 10.7 Å². The molecule has 0 heterocycles. The van der Waals surface area contributed by atoms with Crippen molar-refractivity contribution in [2.75, 3.05) is 0 Å². The zero-order valence-electron chi connectivity index (χ0n) is 7.67. The second-order valence-corrected chi connectivity index (χ2v) is 4.02. The molecule has 1 nitrogen and oxygen atoms in total. The summed E-state index contributed by atoms with van der Waals surface area (Å²) in [6.07, 6.45) is 6.14. The van der Waals surface area contributed by atoms with Crippen LogP contribution < -0.4 is 0 Å². The first-order valence-electron chi connectivity index (χ1n) is 4.46. The zero-order chi connectivity index (χ0) is 8.48. The average Bonchev–Trinajstić information content (AvgIpc) is 1.95. The van der Waals surface area contributed by atoms with Gasteiger partial charge in [0.05, 0.1) is 5.60 Å².